The van der Waals surface area contributed by atoms with Crippen LogP contribution in [0.25, 0.3) is 0 Å². The van der Waals surface area contributed by atoms with E-state index in [1.54, 1.807) is 0 Å². The molecule has 0 aromatic heterocycles. The van der Waals surface area contributed by atoms with Crippen LogP contribution in [0.1, 0.15) is 265 Å². The first-order chi connectivity index (χ1) is 29.0. The first-order valence-electron chi connectivity index (χ1n) is 25.5. The van der Waals surface area contributed by atoms with Crippen LogP contribution < -0.4 is 0 Å². The molecule has 0 radical (unpaired) electrons. The van der Waals surface area contributed by atoms with Crippen molar-refractivity contribution in [2.24, 2.45) is 0 Å². The van der Waals surface area contributed by atoms with Gasteiger partial charge >= 0.3 is 17.9 Å². The molecule has 0 heterocycles. The Balaban J connectivity index is 4.33. The first-order valence-corrected chi connectivity index (χ1v) is 25.5. The third kappa shape index (κ3) is 46.5. The zero-order valence-electron chi connectivity index (χ0n) is 39.3. The molecule has 344 valence electrons. The molecule has 0 saturated carbocycles. The number of carbonyl (C=O) groups is 3. The quantitative estimate of drug-likeness (QED) is 0.0263. The molecule has 0 aromatic carbocycles. The Morgan fingerprint density at radius 3 is 1.03 bits per heavy atom. The fourth-order valence-corrected chi connectivity index (χ4v) is 7.22. The molecule has 1 unspecified atom stereocenters. The summed E-state index contributed by atoms with van der Waals surface area (Å²) in [7, 11) is 0. The monoisotopic (exact) mass is 829 g/mol. The van der Waals surface area contributed by atoms with Gasteiger partial charge in [-0.1, -0.05) is 211 Å². The average Bonchev–Trinajstić information content (AvgIpc) is 3.23. The molecule has 0 rings (SSSR count). The number of carbonyl (C=O) groups excluding carboxylic acids is 3. The van der Waals surface area contributed by atoms with Crippen molar-refractivity contribution in [1.29, 1.82) is 0 Å². The lowest BCUT2D eigenvalue weighted by atomic mass is 10.0. The fraction of sp³-hybridized carbons (Fsp3) is 0.830. The maximum atomic E-state index is 12.8. The molecule has 0 bridgehead atoms. The van der Waals surface area contributed by atoms with Gasteiger partial charge in [0.25, 0.3) is 0 Å². The maximum Gasteiger partial charge on any atom is 0.306 e. The van der Waals surface area contributed by atoms with Gasteiger partial charge in [-0.2, -0.15) is 0 Å². The SMILES string of the molecule is CCCC/C=C\CCCCCCC(=O)OCC(COC(=O)CCCCCCCCC/C=C\C/C=C\CCCCC)OC(=O)CCCCCCCCCCCCCCCC. The van der Waals surface area contributed by atoms with Crippen molar-refractivity contribution in [3.05, 3.63) is 36.5 Å². The molecular formula is C53H96O6. The molecule has 0 amide bonds. The van der Waals surface area contributed by atoms with Gasteiger partial charge in [-0.05, 0) is 70.6 Å². The molecular weight excluding hydrogens is 733 g/mol. The molecule has 0 aliphatic carbocycles. The van der Waals surface area contributed by atoms with Crippen LogP contribution >= 0.6 is 0 Å². The number of unbranched alkanes of at least 4 members (excludes halogenated alkanes) is 29. The van der Waals surface area contributed by atoms with Crippen LogP contribution in [0, 0.1) is 0 Å². The van der Waals surface area contributed by atoms with Gasteiger partial charge in [0.05, 0.1) is 0 Å². The smallest absolute Gasteiger partial charge is 0.306 e. The third-order valence-corrected chi connectivity index (χ3v) is 11.1. The van der Waals surface area contributed by atoms with E-state index in [2.05, 4.69) is 57.2 Å². The second-order valence-electron chi connectivity index (χ2n) is 17.1. The van der Waals surface area contributed by atoms with Crippen LogP contribution in [0.2, 0.25) is 0 Å². The summed E-state index contributed by atoms with van der Waals surface area (Å²) in [4.78, 5) is 37.9. The van der Waals surface area contributed by atoms with Gasteiger partial charge in [-0.25, -0.2) is 0 Å². The molecule has 0 fully saturated rings. The van der Waals surface area contributed by atoms with Crippen LogP contribution in [0.5, 0.6) is 0 Å². The summed E-state index contributed by atoms with van der Waals surface area (Å²) < 4.78 is 16.8. The molecule has 0 spiro atoms. The molecule has 0 N–H and O–H groups in total. The van der Waals surface area contributed by atoms with Gasteiger partial charge in [-0.15, -0.1) is 0 Å². The van der Waals surface area contributed by atoms with Crippen molar-refractivity contribution in [2.75, 3.05) is 13.2 Å². The van der Waals surface area contributed by atoms with E-state index in [0.29, 0.717) is 19.3 Å². The topological polar surface area (TPSA) is 78.9 Å². The molecule has 59 heavy (non-hydrogen) atoms. The van der Waals surface area contributed by atoms with E-state index < -0.39 is 6.10 Å². The van der Waals surface area contributed by atoms with E-state index >= 15 is 0 Å². The Bertz CT molecular complexity index is 1000. The highest BCUT2D eigenvalue weighted by molar-refractivity contribution is 5.71. The molecule has 0 aliphatic rings. The third-order valence-electron chi connectivity index (χ3n) is 11.1. The second kappa shape index (κ2) is 48.3. The minimum Gasteiger partial charge on any atom is -0.462 e. The van der Waals surface area contributed by atoms with Gasteiger partial charge < -0.3 is 14.2 Å². The Hall–Kier alpha value is -2.37. The predicted molar refractivity (Wildman–Crippen MR) is 252 cm³/mol. The zero-order valence-corrected chi connectivity index (χ0v) is 39.3. The standard InChI is InChI=1S/C53H96O6/c1-4-7-10-13-16-19-22-24-26-27-28-30-31-34-37-40-43-46-52(55)58-49-50(48-57-51(54)45-42-39-36-33-21-18-15-12-9-6-3)59-53(56)47-44-41-38-35-32-29-25-23-20-17-14-11-8-5-2/h15-16,18-19,24,26,50H,4-14,17,20-23,25,27-49H2,1-3H3/b18-15-,19-16-,26-24-. The van der Waals surface area contributed by atoms with Gasteiger partial charge in [-0.3, -0.25) is 14.4 Å². The van der Waals surface area contributed by atoms with E-state index in [1.807, 2.05) is 0 Å². The lowest BCUT2D eigenvalue weighted by molar-refractivity contribution is -0.167. The van der Waals surface area contributed by atoms with Crippen molar-refractivity contribution in [3.8, 4) is 0 Å². The van der Waals surface area contributed by atoms with E-state index in [0.717, 1.165) is 89.9 Å². The predicted octanol–water partition coefficient (Wildman–Crippen LogP) is 16.5. The second-order valence-corrected chi connectivity index (χ2v) is 17.1. The Morgan fingerprint density at radius 1 is 0.339 bits per heavy atom. The lowest BCUT2D eigenvalue weighted by Gasteiger charge is -2.18. The van der Waals surface area contributed by atoms with Crippen LogP contribution in [0.4, 0.5) is 0 Å². The lowest BCUT2D eigenvalue weighted by Crippen LogP contribution is -2.30. The molecule has 6 nitrogen and oxygen atoms in total. The summed E-state index contributed by atoms with van der Waals surface area (Å²) in [6.45, 7) is 6.57. The number of hydrogen-bond donors (Lipinski definition) is 0. The molecule has 0 aliphatic heterocycles. The summed E-state index contributed by atoms with van der Waals surface area (Å²) in [5.41, 5.74) is 0. The fourth-order valence-electron chi connectivity index (χ4n) is 7.22. The van der Waals surface area contributed by atoms with Crippen LogP contribution in [-0.2, 0) is 28.6 Å². The summed E-state index contributed by atoms with van der Waals surface area (Å²) in [6.07, 6.45) is 55.5. The Kier molecular flexibility index (Phi) is 46.4. The van der Waals surface area contributed by atoms with Crippen molar-refractivity contribution in [1.82, 2.24) is 0 Å². The minimum absolute atomic E-state index is 0.0773. The van der Waals surface area contributed by atoms with E-state index in [4.69, 9.17) is 14.2 Å². The maximum absolute atomic E-state index is 12.8. The van der Waals surface area contributed by atoms with Gasteiger partial charge in [0, 0.05) is 19.3 Å². The molecule has 1 atom stereocenters. The Labute approximate surface area is 365 Å². The highest BCUT2D eigenvalue weighted by Gasteiger charge is 2.19. The number of esters is 3. The zero-order chi connectivity index (χ0) is 43.0. The van der Waals surface area contributed by atoms with E-state index in [-0.39, 0.29) is 31.1 Å². The Morgan fingerprint density at radius 2 is 0.627 bits per heavy atom. The largest absolute Gasteiger partial charge is 0.462 e. The molecule has 0 saturated heterocycles. The minimum atomic E-state index is -0.775. The van der Waals surface area contributed by atoms with Crippen molar-refractivity contribution >= 4 is 17.9 Å². The number of allylic oxidation sites excluding steroid dienone is 6. The van der Waals surface area contributed by atoms with Crippen LogP contribution in [0.15, 0.2) is 36.5 Å². The summed E-state index contributed by atoms with van der Waals surface area (Å²) in [6, 6.07) is 0. The van der Waals surface area contributed by atoms with Crippen molar-refractivity contribution in [3.63, 3.8) is 0 Å². The number of ether oxygens (including phenoxy) is 3. The van der Waals surface area contributed by atoms with Crippen LogP contribution in [0.3, 0.4) is 0 Å². The van der Waals surface area contributed by atoms with Crippen molar-refractivity contribution in [2.45, 2.75) is 271 Å². The normalized spacial score (nSPS) is 12.3. The summed E-state index contributed by atoms with van der Waals surface area (Å²) in [5, 5.41) is 0. The van der Waals surface area contributed by atoms with E-state index in [1.165, 1.54) is 135 Å². The van der Waals surface area contributed by atoms with Gasteiger partial charge in [0.2, 0.25) is 0 Å². The van der Waals surface area contributed by atoms with Crippen molar-refractivity contribution < 1.29 is 28.6 Å². The first kappa shape index (κ1) is 56.6. The van der Waals surface area contributed by atoms with Crippen LogP contribution in [-0.4, -0.2) is 37.2 Å². The highest BCUT2D eigenvalue weighted by Crippen LogP contribution is 2.15. The molecule has 0 aromatic rings. The highest BCUT2D eigenvalue weighted by atomic mass is 16.6. The number of hydrogen-bond acceptors (Lipinski definition) is 6. The van der Waals surface area contributed by atoms with Gasteiger partial charge in [0.15, 0.2) is 6.10 Å². The average molecular weight is 829 g/mol. The van der Waals surface area contributed by atoms with Gasteiger partial charge in [0.1, 0.15) is 13.2 Å². The van der Waals surface area contributed by atoms with E-state index in [9.17, 15) is 14.4 Å². The summed E-state index contributed by atoms with van der Waals surface area (Å²) in [5.74, 6) is -0.889. The number of rotatable bonds is 46. The molecule has 6 heteroatoms. The summed E-state index contributed by atoms with van der Waals surface area (Å²) >= 11 is 0.